The molecule has 1 aromatic carbocycles. The first-order valence-corrected chi connectivity index (χ1v) is 7.96. The molecule has 2 heterocycles. The van der Waals surface area contributed by atoms with Crippen molar-refractivity contribution in [3.63, 3.8) is 0 Å². The maximum atomic E-state index is 12.5. The van der Waals surface area contributed by atoms with Crippen LogP contribution < -0.4 is 15.4 Å². The van der Waals surface area contributed by atoms with Gasteiger partial charge in [0.1, 0.15) is 10.8 Å². The zero-order valence-electron chi connectivity index (χ0n) is 12.9. The molecule has 2 aromatic rings. The van der Waals surface area contributed by atoms with Crippen LogP contribution in [0, 0.1) is 0 Å². The molecule has 0 fully saturated rings. The van der Waals surface area contributed by atoms with Crippen LogP contribution >= 0.6 is 11.3 Å². The number of carbonyl (C=O) groups excluding carboxylic acids is 2. The summed E-state index contributed by atoms with van der Waals surface area (Å²) in [6, 6.07) is 6.96. The Kier molecular flexibility index (Phi) is 3.77. The van der Waals surface area contributed by atoms with Gasteiger partial charge in [-0.15, -0.1) is 10.2 Å². The number of aromatic nitrogens is 2. The summed E-state index contributed by atoms with van der Waals surface area (Å²) in [5, 5.41) is 14.4. The highest BCUT2D eigenvalue weighted by atomic mass is 32.1. The summed E-state index contributed by atoms with van der Waals surface area (Å²) in [5.74, 6) is -0.446. The zero-order valence-corrected chi connectivity index (χ0v) is 13.7. The third-order valence-corrected chi connectivity index (χ3v) is 4.61. The maximum absolute atomic E-state index is 12.5. The molecule has 0 radical (unpaired) electrons. The SMILES string of the molecule is CC(C)c1nnc(NC(=O)C2(C)Oc3ccccc3NC2=O)s1. The molecular weight excluding hydrogens is 316 g/mol. The first-order chi connectivity index (χ1) is 10.9. The summed E-state index contributed by atoms with van der Waals surface area (Å²) in [4.78, 5) is 24.8. The van der Waals surface area contributed by atoms with Crippen molar-refractivity contribution in [2.75, 3.05) is 10.6 Å². The van der Waals surface area contributed by atoms with Crippen molar-refractivity contribution in [2.45, 2.75) is 32.3 Å². The van der Waals surface area contributed by atoms with E-state index in [0.29, 0.717) is 16.6 Å². The lowest BCUT2D eigenvalue weighted by Gasteiger charge is -2.32. The number of ether oxygens (including phenoxy) is 1. The highest BCUT2D eigenvalue weighted by Crippen LogP contribution is 2.34. The molecule has 0 saturated heterocycles. The Bertz CT molecular complexity index is 774. The van der Waals surface area contributed by atoms with Crippen molar-refractivity contribution in [3.05, 3.63) is 29.3 Å². The standard InChI is InChI=1S/C15H16N4O3S/c1-8(2)11-18-19-14(23-11)17-13(21)15(3)12(20)16-9-6-4-5-7-10(9)22-15/h4-8H,1-3H3,(H,16,20)(H,17,19,21). The molecular formula is C15H16N4O3S. The van der Waals surface area contributed by atoms with Crippen LogP contribution in [0.5, 0.6) is 5.75 Å². The Morgan fingerprint density at radius 2 is 2.09 bits per heavy atom. The molecule has 23 heavy (non-hydrogen) atoms. The largest absolute Gasteiger partial charge is 0.466 e. The second kappa shape index (κ2) is 5.62. The van der Waals surface area contributed by atoms with Crippen LogP contribution in [0.1, 0.15) is 31.7 Å². The number of nitrogens with zero attached hydrogens (tertiary/aromatic N) is 2. The van der Waals surface area contributed by atoms with Gasteiger partial charge in [0.25, 0.3) is 17.4 Å². The summed E-state index contributed by atoms with van der Waals surface area (Å²) < 4.78 is 5.65. The molecule has 1 unspecified atom stereocenters. The minimum absolute atomic E-state index is 0.217. The van der Waals surface area contributed by atoms with Gasteiger partial charge in [-0.1, -0.05) is 37.3 Å². The van der Waals surface area contributed by atoms with Gasteiger partial charge >= 0.3 is 0 Å². The van der Waals surface area contributed by atoms with E-state index >= 15 is 0 Å². The van der Waals surface area contributed by atoms with Gasteiger partial charge in [-0.3, -0.25) is 14.9 Å². The van der Waals surface area contributed by atoms with Crippen molar-refractivity contribution in [3.8, 4) is 5.75 Å². The van der Waals surface area contributed by atoms with Crippen LogP contribution in [0.2, 0.25) is 0 Å². The molecule has 0 aliphatic carbocycles. The number of hydrogen-bond donors (Lipinski definition) is 2. The Morgan fingerprint density at radius 1 is 1.35 bits per heavy atom. The van der Waals surface area contributed by atoms with E-state index in [4.69, 9.17) is 4.74 Å². The molecule has 2 N–H and O–H groups in total. The van der Waals surface area contributed by atoms with Crippen LogP contribution in [0.15, 0.2) is 24.3 Å². The minimum atomic E-state index is -1.67. The number of hydrogen-bond acceptors (Lipinski definition) is 6. The number of fused-ring (bicyclic) bond motifs is 1. The quantitative estimate of drug-likeness (QED) is 0.842. The normalized spacial score (nSPS) is 19.7. The fraction of sp³-hybridized carbons (Fsp3) is 0.333. The van der Waals surface area contributed by atoms with Crippen molar-refractivity contribution in [1.29, 1.82) is 0 Å². The lowest BCUT2D eigenvalue weighted by molar-refractivity contribution is -0.143. The van der Waals surface area contributed by atoms with Gasteiger partial charge in [0, 0.05) is 5.92 Å². The van der Waals surface area contributed by atoms with Gasteiger partial charge in [-0.25, -0.2) is 0 Å². The Hall–Kier alpha value is -2.48. The average Bonchev–Trinajstić information content (AvgIpc) is 2.97. The van der Waals surface area contributed by atoms with E-state index < -0.39 is 17.4 Å². The van der Waals surface area contributed by atoms with Gasteiger partial charge in [0.05, 0.1) is 5.69 Å². The fourth-order valence-electron chi connectivity index (χ4n) is 2.05. The molecule has 1 aliphatic heterocycles. The van der Waals surface area contributed by atoms with Crippen LogP contribution in [-0.4, -0.2) is 27.6 Å². The summed E-state index contributed by atoms with van der Waals surface area (Å²) in [6.45, 7) is 5.40. The second-order valence-corrected chi connectivity index (χ2v) is 6.65. The lowest BCUT2D eigenvalue weighted by Crippen LogP contribution is -2.56. The molecule has 0 spiro atoms. The number of amides is 2. The Labute approximate surface area is 137 Å². The summed E-state index contributed by atoms with van der Waals surface area (Å²) in [5.41, 5.74) is -1.13. The monoisotopic (exact) mass is 332 g/mol. The van der Waals surface area contributed by atoms with E-state index in [-0.39, 0.29) is 5.92 Å². The summed E-state index contributed by atoms with van der Waals surface area (Å²) >= 11 is 1.28. The van der Waals surface area contributed by atoms with Crippen molar-refractivity contribution < 1.29 is 14.3 Å². The third-order valence-electron chi connectivity index (χ3n) is 3.47. The van der Waals surface area contributed by atoms with Crippen molar-refractivity contribution in [1.82, 2.24) is 10.2 Å². The number of carbonyl (C=O) groups is 2. The lowest BCUT2D eigenvalue weighted by atomic mass is 10.0. The van der Waals surface area contributed by atoms with Gasteiger partial charge in [0.15, 0.2) is 0 Å². The Morgan fingerprint density at radius 3 is 2.78 bits per heavy atom. The summed E-state index contributed by atoms with van der Waals surface area (Å²) in [6.07, 6.45) is 0. The van der Waals surface area contributed by atoms with Gasteiger partial charge in [-0.05, 0) is 19.1 Å². The minimum Gasteiger partial charge on any atom is -0.466 e. The molecule has 1 atom stereocenters. The van der Waals surface area contributed by atoms with E-state index in [1.165, 1.54) is 18.3 Å². The molecule has 2 amide bonds. The first-order valence-electron chi connectivity index (χ1n) is 7.14. The number of nitrogens with one attached hydrogen (secondary N) is 2. The van der Waals surface area contributed by atoms with Crippen molar-refractivity contribution in [2.24, 2.45) is 0 Å². The molecule has 3 rings (SSSR count). The van der Waals surface area contributed by atoms with E-state index in [2.05, 4.69) is 20.8 Å². The maximum Gasteiger partial charge on any atom is 0.280 e. The summed E-state index contributed by atoms with van der Waals surface area (Å²) in [7, 11) is 0. The number of para-hydroxylation sites is 2. The number of anilines is 2. The van der Waals surface area contributed by atoms with E-state index in [1.54, 1.807) is 24.3 Å². The fourth-order valence-corrected chi connectivity index (χ4v) is 2.79. The molecule has 1 aliphatic rings. The first kappa shape index (κ1) is 15.4. The van der Waals surface area contributed by atoms with E-state index in [0.717, 1.165) is 5.01 Å². The van der Waals surface area contributed by atoms with Gasteiger partial charge < -0.3 is 10.1 Å². The van der Waals surface area contributed by atoms with E-state index in [9.17, 15) is 9.59 Å². The molecule has 0 saturated carbocycles. The van der Waals surface area contributed by atoms with Crippen LogP contribution in [0.25, 0.3) is 0 Å². The van der Waals surface area contributed by atoms with Gasteiger partial charge in [0.2, 0.25) is 5.13 Å². The van der Waals surface area contributed by atoms with Crippen LogP contribution in [-0.2, 0) is 9.59 Å². The Balaban J connectivity index is 1.82. The second-order valence-electron chi connectivity index (χ2n) is 5.64. The van der Waals surface area contributed by atoms with Crippen LogP contribution in [0.4, 0.5) is 10.8 Å². The highest BCUT2D eigenvalue weighted by molar-refractivity contribution is 7.15. The highest BCUT2D eigenvalue weighted by Gasteiger charge is 2.47. The van der Waals surface area contributed by atoms with E-state index in [1.807, 2.05) is 13.8 Å². The predicted octanol–water partition coefficient (Wildman–Crippen LogP) is 2.39. The van der Waals surface area contributed by atoms with Crippen molar-refractivity contribution >= 4 is 34.0 Å². The molecule has 1 aromatic heterocycles. The molecule has 8 heteroatoms. The van der Waals surface area contributed by atoms with Gasteiger partial charge in [-0.2, -0.15) is 0 Å². The third kappa shape index (κ3) is 2.77. The zero-order chi connectivity index (χ0) is 16.6. The average molecular weight is 332 g/mol. The number of rotatable bonds is 3. The topological polar surface area (TPSA) is 93.2 Å². The van der Waals surface area contributed by atoms with Crippen LogP contribution in [0.3, 0.4) is 0 Å². The molecule has 7 nitrogen and oxygen atoms in total. The molecule has 0 bridgehead atoms. The number of benzene rings is 1. The molecule has 120 valence electrons. The smallest absolute Gasteiger partial charge is 0.280 e. The predicted molar refractivity (Wildman–Crippen MR) is 86.7 cm³/mol.